The largest absolute Gasteiger partial charge is 0.482 e. The van der Waals surface area contributed by atoms with E-state index >= 15 is 0 Å². The smallest absolute Gasteiger partial charge is 0.260 e. The predicted octanol–water partition coefficient (Wildman–Crippen LogP) is 3.80. The quantitative estimate of drug-likeness (QED) is 0.828. The van der Waals surface area contributed by atoms with Gasteiger partial charge in [-0.25, -0.2) is 4.98 Å². The zero-order valence-electron chi connectivity index (χ0n) is 11.6. The first-order chi connectivity index (χ1) is 9.95. The highest BCUT2D eigenvalue weighted by Crippen LogP contribution is 2.27. The van der Waals surface area contributed by atoms with Crippen LogP contribution in [0.4, 0.5) is 0 Å². The van der Waals surface area contributed by atoms with Crippen LogP contribution in [0, 0.1) is 6.92 Å². The van der Waals surface area contributed by atoms with Gasteiger partial charge >= 0.3 is 0 Å². The van der Waals surface area contributed by atoms with Crippen molar-refractivity contribution in [2.75, 3.05) is 13.7 Å². The minimum absolute atomic E-state index is 0.0824. The second kappa shape index (κ2) is 7.11. The van der Waals surface area contributed by atoms with E-state index in [0.717, 1.165) is 10.7 Å². The van der Waals surface area contributed by atoms with Crippen LogP contribution in [0.25, 0.3) is 0 Å². The molecular formula is C14H14Cl2N2O2S. The Morgan fingerprint density at radius 2 is 2.19 bits per heavy atom. The fraction of sp³-hybridized carbons (Fsp3) is 0.286. The Hall–Kier alpha value is -1.30. The van der Waals surface area contributed by atoms with Crippen molar-refractivity contribution in [3.63, 3.8) is 0 Å². The van der Waals surface area contributed by atoms with Crippen molar-refractivity contribution < 1.29 is 9.53 Å². The second-order valence-electron chi connectivity index (χ2n) is 4.47. The monoisotopic (exact) mass is 344 g/mol. The lowest BCUT2D eigenvalue weighted by molar-refractivity contribution is -0.132. The number of ether oxygens (including phenoxy) is 1. The molecule has 2 aromatic rings. The summed E-state index contributed by atoms with van der Waals surface area (Å²) in [5.74, 6) is 0.291. The van der Waals surface area contributed by atoms with Crippen molar-refractivity contribution in [3.8, 4) is 5.75 Å². The van der Waals surface area contributed by atoms with Crippen LogP contribution in [0.3, 0.4) is 0 Å². The number of aryl methyl sites for hydroxylation is 1. The zero-order chi connectivity index (χ0) is 15.4. The molecule has 0 aliphatic heterocycles. The molecule has 0 bridgehead atoms. The Morgan fingerprint density at radius 1 is 1.43 bits per heavy atom. The first-order valence-electron chi connectivity index (χ1n) is 6.18. The number of carbonyl (C=O) groups is 1. The van der Waals surface area contributed by atoms with Crippen LogP contribution >= 0.6 is 34.5 Å². The van der Waals surface area contributed by atoms with E-state index in [9.17, 15) is 4.79 Å². The number of nitrogens with zero attached hydrogens (tertiary/aromatic N) is 2. The van der Waals surface area contributed by atoms with E-state index in [2.05, 4.69) is 4.98 Å². The summed E-state index contributed by atoms with van der Waals surface area (Å²) < 4.78 is 5.42. The molecule has 0 saturated heterocycles. The average molecular weight is 345 g/mol. The second-order valence-corrected chi connectivity index (χ2v) is 6.38. The third kappa shape index (κ3) is 4.59. The van der Waals surface area contributed by atoms with Gasteiger partial charge in [0.15, 0.2) is 6.61 Å². The van der Waals surface area contributed by atoms with Gasteiger partial charge in [-0.15, -0.1) is 11.3 Å². The number of hydrogen-bond donors (Lipinski definition) is 0. The Bertz CT molecular complexity index is 646. The highest BCUT2D eigenvalue weighted by atomic mass is 35.5. The van der Waals surface area contributed by atoms with Crippen LogP contribution in [-0.2, 0) is 11.3 Å². The number of aromatic nitrogens is 1. The molecule has 0 aliphatic carbocycles. The van der Waals surface area contributed by atoms with Crippen molar-refractivity contribution >= 4 is 40.4 Å². The van der Waals surface area contributed by atoms with E-state index in [4.69, 9.17) is 27.9 Å². The molecule has 1 aromatic carbocycles. The molecule has 4 nitrogen and oxygen atoms in total. The number of rotatable bonds is 5. The van der Waals surface area contributed by atoms with E-state index in [1.807, 2.05) is 12.3 Å². The molecule has 0 atom stereocenters. The lowest BCUT2D eigenvalue weighted by Gasteiger charge is -2.16. The maximum absolute atomic E-state index is 12.0. The first-order valence-corrected chi connectivity index (χ1v) is 7.82. The minimum Gasteiger partial charge on any atom is -0.482 e. The fourth-order valence-electron chi connectivity index (χ4n) is 1.65. The molecule has 1 aromatic heterocycles. The summed E-state index contributed by atoms with van der Waals surface area (Å²) in [6.45, 7) is 2.31. The van der Waals surface area contributed by atoms with Crippen molar-refractivity contribution in [3.05, 3.63) is 44.3 Å². The standard InChI is InChI=1S/C14H14Cl2N2O2S/c1-9-17-11(8-21-9)6-18(2)14(19)7-20-13-4-3-10(15)5-12(13)16/h3-5,8H,6-7H2,1-2H3. The maximum atomic E-state index is 12.0. The topological polar surface area (TPSA) is 42.4 Å². The summed E-state index contributed by atoms with van der Waals surface area (Å²) in [6, 6.07) is 4.88. The molecule has 0 fully saturated rings. The van der Waals surface area contributed by atoms with Gasteiger partial charge in [0.05, 0.1) is 22.3 Å². The molecule has 112 valence electrons. The predicted molar refractivity (Wildman–Crippen MR) is 85.3 cm³/mol. The van der Waals surface area contributed by atoms with Gasteiger partial charge in [-0.3, -0.25) is 4.79 Å². The third-order valence-electron chi connectivity index (χ3n) is 2.74. The first kappa shape index (κ1) is 16.1. The normalized spacial score (nSPS) is 10.5. The summed E-state index contributed by atoms with van der Waals surface area (Å²) in [4.78, 5) is 17.9. The van der Waals surface area contributed by atoms with Gasteiger partial charge in [0.25, 0.3) is 5.91 Å². The van der Waals surface area contributed by atoms with Crippen LogP contribution in [0.1, 0.15) is 10.7 Å². The number of likely N-dealkylation sites (N-methyl/N-ethyl adjacent to an activating group) is 1. The Morgan fingerprint density at radius 3 is 2.81 bits per heavy atom. The van der Waals surface area contributed by atoms with Gasteiger partial charge in [0.2, 0.25) is 0 Å². The van der Waals surface area contributed by atoms with Gasteiger partial charge in [-0.2, -0.15) is 0 Å². The van der Waals surface area contributed by atoms with Crippen LogP contribution in [-0.4, -0.2) is 29.4 Å². The number of thiazole rings is 1. The lowest BCUT2D eigenvalue weighted by Crippen LogP contribution is -2.31. The Balaban J connectivity index is 1.89. The number of halogens is 2. The molecule has 0 aliphatic rings. The highest BCUT2D eigenvalue weighted by molar-refractivity contribution is 7.09. The average Bonchev–Trinajstić information content (AvgIpc) is 2.82. The number of hydrogen-bond acceptors (Lipinski definition) is 4. The van der Waals surface area contributed by atoms with Crippen molar-refractivity contribution in [1.82, 2.24) is 9.88 Å². The van der Waals surface area contributed by atoms with Gasteiger partial charge < -0.3 is 9.64 Å². The molecular weight excluding hydrogens is 331 g/mol. The fourth-order valence-corrected chi connectivity index (χ4v) is 2.72. The summed E-state index contributed by atoms with van der Waals surface area (Å²) >= 11 is 13.3. The van der Waals surface area contributed by atoms with Crippen molar-refractivity contribution in [1.29, 1.82) is 0 Å². The molecule has 0 radical (unpaired) electrons. The van der Waals surface area contributed by atoms with E-state index in [1.165, 1.54) is 0 Å². The van der Waals surface area contributed by atoms with E-state index < -0.39 is 0 Å². The summed E-state index contributed by atoms with van der Waals surface area (Å²) in [7, 11) is 1.71. The van der Waals surface area contributed by atoms with E-state index in [1.54, 1.807) is 41.5 Å². The summed E-state index contributed by atoms with van der Waals surface area (Å²) in [6.07, 6.45) is 0. The van der Waals surface area contributed by atoms with Gasteiger partial charge in [0, 0.05) is 17.5 Å². The van der Waals surface area contributed by atoms with Crippen LogP contribution in [0.5, 0.6) is 5.75 Å². The summed E-state index contributed by atoms with van der Waals surface area (Å²) in [5.41, 5.74) is 0.873. The van der Waals surface area contributed by atoms with Crippen LogP contribution in [0.2, 0.25) is 10.0 Å². The molecule has 0 spiro atoms. The Kier molecular flexibility index (Phi) is 5.45. The van der Waals surface area contributed by atoms with Gasteiger partial charge in [-0.1, -0.05) is 23.2 Å². The molecule has 21 heavy (non-hydrogen) atoms. The minimum atomic E-state index is -0.147. The number of carbonyl (C=O) groups excluding carboxylic acids is 1. The van der Waals surface area contributed by atoms with Gasteiger partial charge in [0.1, 0.15) is 5.75 Å². The maximum Gasteiger partial charge on any atom is 0.260 e. The number of benzene rings is 1. The molecule has 0 N–H and O–H groups in total. The lowest BCUT2D eigenvalue weighted by atomic mass is 10.3. The van der Waals surface area contributed by atoms with E-state index in [0.29, 0.717) is 22.3 Å². The Labute approximate surface area is 137 Å². The molecule has 0 saturated carbocycles. The van der Waals surface area contributed by atoms with Crippen molar-refractivity contribution in [2.24, 2.45) is 0 Å². The SMILES string of the molecule is Cc1nc(CN(C)C(=O)COc2ccc(Cl)cc2Cl)cs1. The van der Waals surface area contributed by atoms with E-state index in [-0.39, 0.29) is 12.5 Å². The summed E-state index contributed by atoms with van der Waals surface area (Å²) in [5, 5.41) is 3.83. The zero-order valence-corrected chi connectivity index (χ0v) is 13.9. The molecule has 1 heterocycles. The van der Waals surface area contributed by atoms with Crippen molar-refractivity contribution in [2.45, 2.75) is 13.5 Å². The molecule has 7 heteroatoms. The van der Waals surface area contributed by atoms with Crippen LogP contribution < -0.4 is 4.74 Å². The molecule has 0 unspecified atom stereocenters. The third-order valence-corrected chi connectivity index (χ3v) is 4.09. The van der Waals surface area contributed by atoms with Crippen LogP contribution in [0.15, 0.2) is 23.6 Å². The molecule has 2 rings (SSSR count). The molecule has 1 amide bonds. The number of amides is 1. The van der Waals surface area contributed by atoms with Gasteiger partial charge in [-0.05, 0) is 25.1 Å². The highest BCUT2D eigenvalue weighted by Gasteiger charge is 2.12.